The summed E-state index contributed by atoms with van der Waals surface area (Å²) in [5.41, 5.74) is 5.89. The fourth-order valence-electron chi connectivity index (χ4n) is 3.08. The van der Waals surface area contributed by atoms with E-state index in [2.05, 4.69) is 5.32 Å². The molecule has 1 aromatic rings. The number of nitrogens with two attached hydrogens (primary N) is 1. The third-order valence-corrected chi connectivity index (χ3v) is 5.27. The van der Waals surface area contributed by atoms with Gasteiger partial charge in [0.2, 0.25) is 5.91 Å². The Morgan fingerprint density at radius 3 is 2.62 bits per heavy atom. The molecule has 1 aliphatic heterocycles. The number of para-hydroxylation sites is 1. The van der Waals surface area contributed by atoms with E-state index in [0.29, 0.717) is 25.4 Å². The zero-order valence-corrected chi connectivity index (χ0v) is 15.9. The minimum Gasteiger partial charge on any atom is -0.484 e. The zero-order valence-electron chi connectivity index (χ0n) is 15.9. The second kappa shape index (κ2) is 9.57. The second-order valence-corrected chi connectivity index (χ2v) is 7.07. The Morgan fingerprint density at radius 1 is 1.27 bits per heavy atom. The molecule has 6 heteroatoms. The third kappa shape index (κ3) is 5.73. The molecule has 26 heavy (non-hydrogen) atoms. The molecule has 3 N–H and O–H groups in total. The van der Waals surface area contributed by atoms with Crippen LogP contribution in [0.25, 0.3) is 0 Å². The SMILES string of the molecule is CCC(N)(CC)CNC(=O)C1CCCN(C(=O)COc2ccccc2)C1. The summed E-state index contributed by atoms with van der Waals surface area (Å²) in [5, 5.41) is 2.98. The molecule has 0 aromatic heterocycles. The number of piperidine rings is 1. The number of ether oxygens (including phenoxy) is 1. The normalized spacial score (nSPS) is 17.7. The number of carbonyl (C=O) groups is 2. The molecule has 144 valence electrons. The quantitative estimate of drug-likeness (QED) is 0.741. The van der Waals surface area contributed by atoms with E-state index in [9.17, 15) is 9.59 Å². The Hall–Kier alpha value is -2.08. The summed E-state index contributed by atoms with van der Waals surface area (Å²) in [6, 6.07) is 9.27. The van der Waals surface area contributed by atoms with Crippen LogP contribution in [0, 0.1) is 5.92 Å². The molecule has 0 saturated carbocycles. The molecule has 2 rings (SSSR count). The largest absolute Gasteiger partial charge is 0.484 e. The molecule has 1 atom stereocenters. The molecule has 2 amide bonds. The number of nitrogens with zero attached hydrogens (tertiary/aromatic N) is 1. The number of benzene rings is 1. The van der Waals surface area contributed by atoms with Crippen molar-refractivity contribution in [2.75, 3.05) is 26.2 Å². The molecule has 0 aliphatic carbocycles. The summed E-state index contributed by atoms with van der Waals surface area (Å²) in [6.07, 6.45) is 3.25. The van der Waals surface area contributed by atoms with Gasteiger partial charge in [-0.05, 0) is 37.8 Å². The highest BCUT2D eigenvalue weighted by molar-refractivity contribution is 5.82. The summed E-state index contributed by atoms with van der Waals surface area (Å²) in [4.78, 5) is 26.6. The average Bonchev–Trinajstić information content (AvgIpc) is 2.70. The lowest BCUT2D eigenvalue weighted by Crippen LogP contribution is -2.52. The maximum atomic E-state index is 12.5. The topological polar surface area (TPSA) is 84.7 Å². The molecule has 1 aliphatic rings. The maximum absolute atomic E-state index is 12.5. The van der Waals surface area contributed by atoms with Crippen molar-refractivity contribution in [3.63, 3.8) is 0 Å². The first-order valence-corrected chi connectivity index (χ1v) is 9.49. The number of likely N-dealkylation sites (tertiary alicyclic amines) is 1. The standard InChI is InChI=1S/C20H31N3O3/c1-3-20(21,4-2)15-22-19(25)16-9-8-12-23(13-16)18(24)14-26-17-10-6-5-7-11-17/h5-7,10-11,16H,3-4,8-9,12-15,21H2,1-2H3,(H,22,25). The first kappa shape index (κ1) is 20.2. The maximum Gasteiger partial charge on any atom is 0.260 e. The molecule has 1 heterocycles. The lowest BCUT2D eigenvalue weighted by atomic mass is 9.93. The van der Waals surface area contributed by atoms with Crippen molar-refractivity contribution in [1.29, 1.82) is 0 Å². The van der Waals surface area contributed by atoms with Crippen molar-refractivity contribution in [3.05, 3.63) is 30.3 Å². The number of hydrogen-bond acceptors (Lipinski definition) is 4. The van der Waals surface area contributed by atoms with Gasteiger partial charge in [0.25, 0.3) is 5.91 Å². The van der Waals surface area contributed by atoms with E-state index in [0.717, 1.165) is 25.7 Å². The van der Waals surface area contributed by atoms with Crippen LogP contribution < -0.4 is 15.8 Å². The monoisotopic (exact) mass is 361 g/mol. The fraction of sp³-hybridized carbons (Fsp3) is 0.600. The Morgan fingerprint density at radius 2 is 1.96 bits per heavy atom. The Bertz CT molecular complexity index is 587. The van der Waals surface area contributed by atoms with Crippen LogP contribution in [0.2, 0.25) is 0 Å². The Kier molecular flexibility index (Phi) is 7.45. The summed E-state index contributed by atoms with van der Waals surface area (Å²) in [5.74, 6) is 0.401. The summed E-state index contributed by atoms with van der Waals surface area (Å²) in [6.45, 7) is 5.65. The van der Waals surface area contributed by atoms with Gasteiger partial charge in [-0.1, -0.05) is 32.0 Å². The Balaban J connectivity index is 1.81. The van der Waals surface area contributed by atoms with Gasteiger partial charge in [0.15, 0.2) is 6.61 Å². The fourth-order valence-corrected chi connectivity index (χ4v) is 3.08. The van der Waals surface area contributed by atoms with Gasteiger partial charge in [0, 0.05) is 25.2 Å². The van der Waals surface area contributed by atoms with E-state index in [4.69, 9.17) is 10.5 Å². The van der Waals surface area contributed by atoms with E-state index in [1.165, 1.54) is 0 Å². The lowest BCUT2D eigenvalue weighted by molar-refractivity contribution is -0.137. The van der Waals surface area contributed by atoms with Crippen molar-refractivity contribution in [2.24, 2.45) is 11.7 Å². The van der Waals surface area contributed by atoms with E-state index in [1.807, 2.05) is 44.2 Å². The molecule has 1 fully saturated rings. The van der Waals surface area contributed by atoms with Gasteiger partial charge in [0.05, 0.1) is 5.92 Å². The van der Waals surface area contributed by atoms with Gasteiger partial charge < -0.3 is 20.7 Å². The molecule has 0 bridgehead atoms. The summed E-state index contributed by atoms with van der Waals surface area (Å²) in [7, 11) is 0. The van der Waals surface area contributed by atoms with Crippen LogP contribution in [0.15, 0.2) is 30.3 Å². The van der Waals surface area contributed by atoms with Gasteiger partial charge in [-0.25, -0.2) is 0 Å². The first-order valence-electron chi connectivity index (χ1n) is 9.49. The van der Waals surface area contributed by atoms with Crippen LogP contribution in [0.4, 0.5) is 0 Å². The van der Waals surface area contributed by atoms with Crippen LogP contribution in [0.3, 0.4) is 0 Å². The number of rotatable bonds is 8. The van der Waals surface area contributed by atoms with Crippen LogP contribution in [-0.2, 0) is 9.59 Å². The van der Waals surface area contributed by atoms with Crippen LogP contribution in [0.5, 0.6) is 5.75 Å². The van der Waals surface area contributed by atoms with E-state index in [1.54, 1.807) is 4.90 Å². The third-order valence-electron chi connectivity index (χ3n) is 5.27. The smallest absolute Gasteiger partial charge is 0.260 e. The minimum atomic E-state index is -0.358. The zero-order chi connectivity index (χ0) is 19.0. The van der Waals surface area contributed by atoms with E-state index in [-0.39, 0.29) is 29.9 Å². The molecule has 0 spiro atoms. The van der Waals surface area contributed by atoms with Crippen LogP contribution in [0.1, 0.15) is 39.5 Å². The van der Waals surface area contributed by atoms with Gasteiger partial charge >= 0.3 is 0 Å². The summed E-state index contributed by atoms with van der Waals surface area (Å²) < 4.78 is 5.53. The predicted octanol–water partition coefficient (Wildman–Crippen LogP) is 1.94. The number of amides is 2. The molecule has 1 unspecified atom stereocenters. The summed E-state index contributed by atoms with van der Waals surface area (Å²) >= 11 is 0. The van der Waals surface area contributed by atoms with Crippen molar-refractivity contribution in [3.8, 4) is 5.75 Å². The highest BCUT2D eigenvalue weighted by Gasteiger charge is 2.30. The van der Waals surface area contributed by atoms with E-state index < -0.39 is 0 Å². The highest BCUT2D eigenvalue weighted by Crippen LogP contribution is 2.18. The predicted molar refractivity (Wildman–Crippen MR) is 102 cm³/mol. The first-order chi connectivity index (χ1) is 12.5. The Labute approximate surface area is 156 Å². The average molecular weight is 361 g/mol. The van der Waals surface area contributed by atoms with Crippen LogP contribution in [-0.4, -0.2) is 48.5 Å². The van der Waals surface area contributed by atoms with Crippen molar-refractivity contribution >= 4 is 11.8 Å². The van der Waals surface area contributed by atoms with Gasteiger partial charge in [0.1, 0.15) is 5.75 Å². The molecule has 6 nitrogen and oxygen atoms in total. The number of nitrogens with one attached hydrogen (secondary N) is 1. The van der Waals surface area contributed by atoms with Crippen molar-refractivity contribution in [2.45, 2.75) is 45.1 Å². The molecule has 0 radical (unpaired) electrons. The van der Waals surface area contributed by atoms with Crippen LogP contribution >= 0.6 is 0 Å². The molecule has 1 aromatic carbocycles. The highest BCUT2D eigenvalue weighted by atomic mass is 16.5. The van der Waals surface area contributed by atoms with Gasteiger partial charge in [-0.15, -0.1) is 0 Å². The van der Waals surface area contributed by atoms with Gasteiger partial charge in [-0.2, -0.15) is 0 Å². The number of carbonyl (C=O) groups excluding carboxylic acids is 2. The molecular formula is C20H31N3O3. The second-order valence-electron chi connectivity index (χ2n) is 7.07. The molecule has 1 saturated heterocycles. The number of hydrogen-bond donors (Lipinski definition) is 2. The molecular weight excluding hydrogens is 330 g/mol. The lowest BCUT2D eigenvalue weighted by Gasteiger charge is -2.33. The van der Waals surface area contributed by atoms with Crippen molar-refractivity contribution < 1.29 is 14.3 Å². The van der Waals surface area contributed by atoms with Gasteiger partial charge in [-0.3, -0.25) is 9.59 Å². The van der Waals surface area contributed by atoms with Crippen molar-refractivity contribution in [1.82, 2.24) is 10.2 Å². The minimum absolute atomic E-state index is 0.00403. The van der Waals surface area contributed by atoms with E-state index >= 15 is 0 Å².